The summed E-state index contributed by atoms with van der Waals surface area (Å²) < 4.78 is 34.3. The summed E-state index contributed by atoms with van der Waals surface area (Å²) in [5.41, 5.74) is 5.46. The van der Waals surface area contributed by atoms with Gasteiger partial charge < -0.3 is 19.0 Å². The van der Waals surface area contributed by atoms with Crippen LogP contribution in [0.4, 0.5) is 14.6 Å². The van der Waals surface area contributed by atoms with Crippen molar-refractivity contribution in [3.8, 4) is 22.9 Å². The fraction of sp³-hybridized carbons (Fsp3) is 0.325. The molecule has 0 unspecified atom stereocenters. The summed E-state index contributed by atoms with van der Waals surface area (Å²) >= 11 is 5.38. The number of fused-ring (bicyclic) bond motifs is 1. The molecule has 1 atom stereocenters. The number of halogens is 3. The minimum atomic E-state index is -0.790. The number of aromatic nitrogens is 8. The topological polar surface area (TPSA) is 125 Å². The van der Waals surface area contributed by atoms with Crippen molar-refractivity contribution in [2.45, 2.75) is 83.6 Å². The first kappa shape index (κ1) is 35.5. The maximum Gasteiger partial charge on any atom is 0.259 e. The molecule has 276 valence electrons. The first-order chi connectivity index (χ1) is 26.1. The number of aryl methyl sites for hydroxylation is 3. The molecule has 1 amide bonds. The van der Waals surface area contributed by atoms with Gasteiger partial charge in [-0.05, 0) is 111 Å². The first-order valence-corrected chi connectivity index (χ1v) is 18.6. The highest BCUT2D eigenvalue weighted by molar-refractivity contribution is 6.67. The number of carbonyl (C=O) groups is 2. The summed E-state index contributed by atoms with van der Waals surface area (Å²) in [5.74, 6) is 1.31. The van der Waals surface area contributed by atoms with Crippen molar-refractivity contribution in [2.75, 3.05) is 5.32 Å². The molecular formula is C40H38ClF2N9O2. The molecule has 14 heteroatoms. The maximum atomic E-state index is 14.8. The minimum Gasteiger partial charge on any atom is -0.307 e. The zero-order valence-corrected chi connectivity index (χ0v) is 30.8. The SMILES string of the molecule is CC[C@@H]1CCc2nnc(-c3cccc(NC(=O)c4cc(-n5cnc(C6CC6)c5)c(C)cc4F)n3)n21.Cc1cc(F)c(C(=O)Cl)cc1-n1cnc(C2CC2)c1. The molecule has 1 aliphatic heterocycles. The predicted octanol–water partition coefficient (Wildman–Crippen LogP) is 8.58. The highest BCUT2D eigenvalue weighted by Crippen LogP contribution is 2.40. The summed E-state index contributed by atoms with van der Waals surface area (Å²) in [7, 11) is 0. The summed E-state index contributed by atoms with van der Waals surface area (Å²) in [4.78, 5) is 37.7. The molecule has 2 saturated carbocycles. The second-order valence-electron chi connectivity index (χ2n) is 14.2. The van der Waals surface area contributed by atoms with Crippen LogP contribution in [0.1, 0.15) is 112 Å². The van der Waals surface area contributed by atoms with E-state index in [9.17, 15) is 18.4 Å². The number of nitrogens with one attached hydrogen (secondary N) is 1. The second kappa shape index (κ2) is 14.3. The average molecular weight is 750 g/mol. The quantitative estimate of drug-likeness (QED) is 0.147. The van der Waals surface area contributed by atoms with Crippen LogP contribution in [0.5, 0.6) is 0 Å². The summed E-state index contributed by atoms with van der Waals surface area (Å²) in [5, 5.41) is 10.6. The van der Waals surface area contributed by atoms with E-state index in [1.165, 1.54) is 31.0 Å². The fourth-order valence-corrected chi connectivity index (χ4v) is 7.14. The highest BCUT2D eigenvalue weighted by atomic mass is 35.5. The van der Waals surface area contributed by atoms with Gasteiger partial charge in [-0.1, -0.05) is 13.0 Å². The molecule has 2 fully saturated rings. The van der Waals surface area contributed by atoms with E-state index >= 15 is 0 Å². The number of pyridine rings is 1. The van der Waals surface area contributed by atoms with Crippen LogP contribution >= 0.6 is 11.6 Å². The Kier molecular flexibility index (Phi) is 9.43. The lowest BCUT2D eigenvalue weighted by Gasteiger charge is -2.13. The maximum absolute atomic E-state index is 14.8. The zero-order valence-electron chi connectivity index (χ0n) is 30.1. The van der Waals surface area contributed by atoms with Gasteiger partial charge in [-0.25, -0.2) is 23.7 Å². The fourth-order valence-electron chi connectivity index (χ4n) is 7.00. The van der Waals surface area contributed by atoms with Gasteiger partial charge in [0.1, 0.15) is 29.0 Å². The van der Waals surface area contributed by atoms with Crippen molar-refractivity contribution in [3.05, 3.63) is 119 Å². The van der Waals surface area contributed by atoms with E-state index in [1.54, 1.807) is 37.8 Å². The molecule has 2 aromatic carbocycles. The Balaban J connectivity index is 0.000000183. The molecule has 0 spiro atoms. The van der Waals surface area contributed by atoms with Crippen LogP contribution in [0.2, 0.25) is 0 Å². The van der Waals surface area contributed by atoms with E-state index in [2.05, 4.69) is 42.0 Å². The van der Waals surface area contributed by atoms with Gasteiger partial charge in [-0.15, -0.1) is 10.2 Å². The van der Waals surface area contributed by atoms with Crippen molar-refractivity contribution in [3.63, 3.8) is 0 Å². The Morgan fingerprint density at radius 3 is 2.00 bits per heavy atom. The molecule has 0 saturated heterocycles. The molecule has 2 aliphatic carbocycles. The molecule has 0 radical (unpaired) electrons. The van der Waals surface area contributed by atoms with Crippen molar-refractivity contribution < 1.29 is 18.4 Å². The summed E-state index contributed by atoms with van der Waals surface area (Å²) in [6.07, 6.45) is 14.9. The lowest BCUT2D eigenvalue weighted by atomic mass is 10.1. The Labute approximate surface area is 315 Å². The zero-order chi connectivity index (χ0) is 37.7. The van der Waals surface area contributed by atoms with Gasteiger partial charge in [-0.3, -0.25) is 9.59 Å². The van der Waals surface area contributed by atoms with E-state index in [-0.39, 0.29) is 11.1 Å². The van der Waals surface area contributed by atoms with Crippen molar-refractivity contribution in [2.24, 2.45) is 0 Å². The number of imidazole rings is 2. The number of hydrogen-bond donors (Lipinski definition) is 1. The van der Waals surface area contributed by atoms with E-state index in [1.807, 2.05) is 34.5 Å². The molecule has 5 heterocycles. The van der Waals surface area contributed by atoms with Crippen LogP contribution in [0.3, 0.4) is 0 Å². The number of carbonyl (C=O) groups excluding carboxylic acids is 2. The Hall–Kier alpha value is -5.56. The second-order valence-corrected chi connectivity index (χ2v) is 14.6. The third-order valence-corrected chi connectivity index (χ3v) is 10.5. The smallest absolute Gasteiger partial charge is 0.259 e. The van der Waals surface area contributed by atoms with Crippen LogP contribution in [0.15, 0.2) is 67.5 Å². The molecule has 1 N–H and O–H groups in total. The van der Waals surface area contributed by atoms with Crippen molar-refractivity contribution in [1.29, 1.82) is 0 Å². The standard InChI is InChI=1S/C26H26FN7O.C14H12ClFN2O/c1-3-17-9-10-24-31-32-25(34(17)24)20-5-4-6-23(29-20)30-26(35)18-12-22(15(2)11-19(18)27)33-13-21(28-14-33)16-7-8-16;1-8-4-11(16)10(14(15)19)5-13(8)18-6-12(17-7-18)9-2-3-9/h4-6,11-14,16-17H,3,7-10H2,1-2H3,(H,29,30,35);4-7,9H,2-3H2,1H3/t17-;/m1./s1. The van der Waals surface area contributed by atoms with Gasteiger partial charge in [-0.2, -0.15) is 0 Å². The highest BCUT2D eigenvalue weighted by Gasteiger charge is 2.29. The molecule has 11 nitrogen and oxygen atoms in total. The van der Waals surface area contributed by atoms with Gasteiger partial charge >= 0.3 is 0 Å². The van der Waals surface area contributed by atoms with Crippen LogP contribution in [-0.4, -0.2) is 50.0 Å². The summed E-state index contributed by atoms with van der Waals surface area (Å²) in [6.45, 7) is 5.76. The lowest BCUT2D eigenvalue weighted by molar-refractivity contribution is 0.102. The van der Waals surface area contributed by atoms with E-state index in [4.69, 9.17) is 11.6 Å². The van der Waals surface area contributed by atoms with Crippen molar-refractivity contribution in [1.82, 2.24) is 38.9 Å². The molecule has 54 heavy (non-hydrogen) atoms. The van der Waals surface area contributed by atoms with Gasteiger partial charge in [0.05, 0.1) is 46.5 Å². The molecule has 0 bridgehead atoms. The largest absolute Gasteiger partial charge is 0.307 e. The molecule has 9 rings (SSSR count). The van der Waals surface area contributed by atoms with E-state index < -0.39 is 22.8 Å². The molecule has 3 aliphatic rings. The van der Waals surface area contributed by atoms with Crippen LogP contribution < -0.4 is 5.32 Å². The van der Waals surface area contributed by atoms with Gasteiger partial charge in [0, 0.05) is 36.7 Å². The Morgan fingerprint density at radius 2 is 1.43 bits per heavy atom. The van der Waals surface area contributed by atoms with Crippen molar-refractivity contribution >= 4 is 28.6 Å². The number of hydrogen-bond acceptors (Lipinski definition) is 7. The Bertz CT molecular complexity index is 2410. The third kappa shape index (κ3) is 7.07. The number of nitrogens with zero attached hydrogens (tertiary/aromatic N) is 8. The third-order valence-electron chi connectivity index (χ3n) is 10.3. The molecular weight excluding hydrogens is 712 g/mol. The van der Waals surface area contributed by atoms with Gasteiger partial charge in [0.2, 0.25) is 0 Å². The van der Waals surface area contributed by atoms with E-state index in [0.29, 0.717) is 35.2 Å². The summed E-state index contributed by atoms with van der Waals surface area (Å²) in [6, 6.07) is 11.4. The van der Waals surface area contributed by atoms with Gasteiger partial charge in [0.15, 0.2) is 5.82 Å². The molecule has 6 aromatic rings. The van der Waals surface area contributed by atoms with Gasteiger partial charge in [0.25, 0.3) is 11.1 Å². The first-order valence-electron chi connectivity index (χ1n) is 18.2. The predicted molar refractivity (Wildman–Crippen MR) is 200 cm³/mol. The van der Waals surface area contributed by atoms with Crippen LogP contribution in [0, 0.1) is 25.5 Å². The number of anilines is 1. The number of amides is 1. The van der Waals surface area contributed by atoms with Crippen LogP contribution in [-0.2, 0) is 6.42 Å². The number of benzene rings is 2. The van der Waals surface area contributed by atoms with E-state index in [0.717, 1.165) is 71.8 Å². The monoisotopic (exact) mass is 749 g/mol. The normalized spacial score (nSPS) is 16.1. The van der Waals surface area contributed by atoms with Crippen LogP contribution in [0.25, 0.3) is 22.9 Å². The average Bonchev–Trinajstić information content (AvgIpc) is 3.96. The number of rotatable bonds is 9. The molecule has 4 aromatic heterocycles. The Morgan fingerprint density at radius 1 is 0.833 bits per heavy atom. The minimum absolute atomic E-state index is 0.0473. The lowest BCUT2D eigenvalue weighted by Crippen LogP contribution is -2.16.